The van der Waals surface area contributed by atoms with Gasteiger partial charge in [-0.3, -0.25) is 14.3 Å². The first-order chi connectivity index (χ1) is 14.2. The van der Waals surface area contributed by atoms with E-state index >= 15 is 0 Å². The summed E-state index contributed by atoms with van der Waals surface area (Å²) in [6.07, 6.45) is 0.806. The molecule has 0 aliphatic carbocycles. The van der Waals surface area contributed by atoms with Gasteiger partial charge in [0, 0.05) is 6.54 Å². The molecular weight excluding hydrogens is 384 g/mol. The van der Waals surface area contributed by atoms with Crippen LogP contribution in [0.2, 0.25) is 0 Å². The number of amides is 2. The number of aryl methyl sites for hydroxylation is 2. The molecular formula is C22H30N4O4. The average molecular weight is 415 g/mol. The van der Waals surface area contributed by atoms with E-state index in [1.807, 2.05) is 38.1 Å². The number of hydrogen-bond acceptors (Lipinski definition) is 5. The van der Waals surface area contributed by atoms with Gasteiger partial charge >= 0.3 is 5.97 Å². The Labute approximate surface area is 177 Å². The Bertz CT molecular complexity index is 903. The molecule has 0 bridgehead atoms. The molecule has 0 radical (unpaired) electrons. The predicted molar refractivity (Wildman–Crippen MR) is 113 cm³/mol. The third-order valence-electron chi connectivity index (χ3n) is 4.69. The van der Waals surface area contributed by atoms with Crippen LogP contribution in [0.4, 0.5) is 0 Å². The number of aromatic nitrogens is 2. The van der Waals surface area contributed by atoms with Crippen molar-refractivity contribution >= 4 is 17.8 Å². The Morgan fingerprint density at radius 3 is 2.43 bits per heavy atom. The molecule has 0 aliphatic heterocycles. The van der Waals surface area contributed by atoms with Crippen molar-refractivity contribution in [1.82, 2.24) is 20.4 Å². The predicted octanol–water partition coefficient (Wildman–Crippen LogP) is 2.04. The molecule has 0 spiro atoms. The molecule has 8 nitrogen and oxygen atoms in total. The molecule has 0 aliphatic rings. The molecule has 0 saturated carbocycles. The molecule has 8 heteroatoms. The Hall–Kier alpha value is -3.16. The van der Waals surface area contributed by atoms with E-state index in [0.29, 0.717) is 30.0 Å². The maximum Gasteiger partial charge on any atom is 0.342 e. The SMILES string of the molecule is CCCNC(=O)[C@H](C)NC(=O)COC(=O)c1c(C)nn(Cc2ccc(C)cc2)c1C. The van der Waals surface area contributed by atoms with Crippen LogP contribution < -0.4 is 10.6 Å². The zero-order chi connectivity index (χ0) is 22.3. The molecule has 30 heavy (non-hydrogen) atoms. The first-order valence-electron chi connectivity index (χ1n) is 10.1. The Morgan fingerprint density at radius 2 is 1.80 bits per heavy atom. The zero-order valence-electron chi connectivity index (χ0n) is 18.2. The molecule has 0 unspecified atom stereocenters. The summed E-state index contributed by atoms with van der Waals surface area (Å²) in [5.74, 6) is -1.43. The summed E-state index contributed by atoms with van der Waals surface area (Å²) in [5.41, 5.74) is 3.81. The summed E-state index contributed by atoms with van der Waals surface area (Å²) in [6.45, 7) is 9.68. The van der Waals surface area contributed by atoms with Crippen molar-refractivity contribution in [1.29, 1.82) is 0 Å². The average Bonchev–Trinajstić information content (AvgIpc) is 2.99. The van der Waals surface area contributed by atoms with Gasteiger partial charge in [-0.05, 0) is 39.7 Å². The Balaban J connectivity index is 1.95. The molecule has 1 heterocycles. The van der Waals surface area contributed by atoms with Crippen molar-refractivity contribution in [3.63, 3.8) is 0 Å². The number of carbonyl (C=O) groups excluding carboxylic acids is 3. The van der Waals surface area contributed by atoms with E-state index in [1.54, 1.807) is 25.5 Å². The van der Waals surface area contributed by atoms with Gasteiger partial charge in [-0.15, -0.1) is 0 Å². The second-order valence-corrected chi connectivity index (χ2v) is 7.35. The van der Waals surface area contributed by atoms with E-state index in [4.69, 9.17) is 4.74 Å². The molecule has 0 saturated heterocycles. The van der Waals surface area contributed by atoms with Gasteiger partial charge < -0.3 is 15.4 Å². The molecule has 2 rings (SSSR count). The van der Waals surface area contributed by atoms with Crippen molar-refractivity contribution in [2.45, 2.75) is 53.6 Å². The number of esters is 1. The normalized spacial score (nSPS) is 11.6. The van der Waals surface area contributed by atoms with Crippen LogP contribution in [-0.4, -0.2) is 46.8 Å². The van der Waals surface area contributed by atoms with Gasteiger partial charge in [0.15, 0.2) is 6.61 Å². The number of ether oxygens (including phenoxy) is 1. The lowest BCUT2D eigenvalue weighted by Crippen LogP contribution is -2.46. The third kappa shape index (κ3) is 6.17. The van der Waals surface area contributed by atoms with Gasteiger partial charge in [-0.25, -0.2) is 4.79 Å². The minimum atomic E-state index is -0.705. The summed E-state index contributed by atoms with van der Waals surface area (Å²) in [6, 6.07) is 7.39. The first-order valence-corrected chi connectivity index (χ1v) is 10.1. The quantitative estimate of drug-likeness (QED) is 0.612. The second kappa shape index (κ2) is 10.6. The van der Waals surface area contributed by atoms with Crippen molar-refractivity contribution in [3.05, 3.63) is 52.3 Å². The molecule has 1 aromatic carbocycles. The standard InChI is InChI=1S/C22H30N4O4/c1-6-11-23-21(28)16(4)24-19(27)13-30-22(29)20-15(3)25-26(17(20)5)12-18-9-7-14(2)8-10-18/h7-10,16H,6,11-13H2,1-5H3,(H,23,28)(H,24,27)/t16-/m0/s1. The number of benzene rings is 1. The van der Waals surface area contributed by atoms with E-state index in [9.17, 15) is 14.4 Å². The van der Waals surface area contributed by atoms with Crippen LogP contribution in [0.1, 0.15) is 53.1 Å². The number of rotatable bonds is 9. The maximum atomic E-state index is 12.5. The van der Waals surface area contributed by atoms with Gasteiger partial charge in [-0.2, -0.15) is 5.10 Å². The van der Waals surface area contributed by atoms with Crippen LogP contribution in [0, 0.1) is 20.8 Å². The zero-order valence-corrected chi connectivity index (χ0v) is 18.2. The number of nitrogens with zero attached hydrogens (tertiary/aromatic N) is 2. The van der Waals surface area contributed by atoms with E-state index < -0.39 is 24.5 Å². The van der Waals surface area contributed by atoms with Gasteiger partial charge in [0.05, 0.1) is 17.9 Å². The van der Waals surface area contributed by atoms with Crippen molar-refractivity contribution in [3.8, 4) is 0 Å². The molecule has 2 N–H and O–H groups in total. The molecule has 2 amide bonds. The van der Waals surface area contributed by atoms with Crippen LogP contribution >= 0.6 is 0 Å². The topological polar surface area (TPSA) is 102 Å². The van der Waals surface area contributed by atoms with Gasteiger partial charge in [0.2, 0.25) is 5.91 Å². The highest BCUT2D eigenvalue weighted by Crippen LogP contribution is 2.16. The molecule has 2 aromatic rings. The fraction of sp³-hybridized carbons (Fsp3) is 0.455. The van der Waals surface area contributed by atoms with E-state index in [2.05, 4.69) is 15.7 Å². The Morgan fingerprint density at radius 1 is 1.13 bits per heavy atom. The second-order valence-electron chi connectivity index (χ2n) is 7.35. The van der Waals surface area contributed by atoms with E-state index in [-0.39, 0.29) is 5.91 Å². The fourth-order valence-electron chi connectivity index (χ4n) is 2.97. The van der Waals surface area contributed by atoms with Crippen LogP contribution in [0.3, 0.4) is 0 Å². The first kappa shape index (κ1) is 23.1. The maximum absolute atomic E-state index is 12.5. The lowest BCUT2D eigenvalue weighted by Gasteiger charge is -2.14. The van der Waals surface area contributed by atoms with Gasteiger partial charge in [0.25, 0.3) is 5.91 Å². The summed E-state index contributed by atoms with van der Waals surface area (Å²) in [4.78, 5) is 36.4. The minimum absolute atomic E-state index is 0.277. The summed E-state index contributed by atoms with van der Waals surface area (Å²) in [7, 11) is 0. The van der Waals surface area contributed by atoms with Gasteiger partial charge in [-0.1, -0.05) is 36.8 Å². The minimum Gasteiger partial charge on any atom is -0.452 e. The largest absolute Gasteiger partial charge is 0.452 e. The monoisotopic (exact) mass is 414 g/mol. The highest BCUT2D eigenvalue weighted by atomic mass is 16.5. The summed E-state index contributed by atoms with van der Waals surface area (Å²) in [5, 5.41) is 9.65. The smallest absolute Gasteiger partial charge is 0.342 e. The number of carbonyl (C=O) groups is 3. The summed E-state index contributed by atoms with van der Waals surface area (Å²) >= 11 is 0. The lowest BCUT2D eigenvalue weighted by molar-refractivity contribution is -0.130. The molecule has 1 aromatic heterocycles. The fourth-order valence-corrected chi connectivity index (χ4v) is 2.97. The highest BCUT2D eigenvalue weighted by Gasteiger charge is 2.22. The van der Waals surface area contributed by atoms with Crippen LogP contribution in [0.25, 0.3) is 0 Å². The third-order valence-corrected chi connectivity index (χ3v) is 4.69. The van der Waals surface area contributed by atoms with Crippen molar-refractivity contribution in [2.75, 3.05) is 13.2 Å². The summed E-state index contributed by atoms with van der Waals surface area (Å²) < 4.78 is 6.90. The van der Waals surface area contributed by atoms with Crippen LogP contribution in [-0.2, 0) is 20.9 Å². The Kier molecular flexibility index (Phi) is 8.15. The van der Waals surface area contributed by atoms with Gasteiger partial charge in [0.1, 0.15) is 11.6 Å². The van der Waals surface area contributed by atoms with Crippen molar-refractivity contribution in [2.24, 2.45) is 0 Å². The van der Waals surface area contributed by atoms with Crippen LogP contribution in [0.15, 0.2) is 24.3 Å². The van der Waals surface area contributed by atoms with Crippen molar-refractivity contribution < 1.29 is 19.1 Å². The molecule has 1 atom stereocenters. The van der Waals surface area contributed by atoms with E-state index in [0.717, 1.165) is 12.0 Å². The molecule has 162 valence electrons. The highest BCUT2D eigenvalue weighted by molar-refractivity contribution is 5.94. The lowest BCUT2D eigenvalue weighted by atomic mass is 10.1. The number of hydrogen-bond donors (Lipinski definition) is 2. The van der Waals surface area contributed by atoms with E-state index in [1.165, 1.54) is 5.56 Å². The van der Waals surface area contributed by atoms with Crippen LogP contribution in [0.5, 0.6) is 0 Å². The number of nitrogens with one attached hydrogen (secondary N) is 2. The molecule has 0 fully saturated rings.